The fourth-order valence-electron chi connectivity index (χ4n) is 1.43. The molecular formula is C13H17BrFNO3. The molecular weight excluding hydrogens is 317 g/mol. The van der Waals surface area contributed by atoms with E-state index in [0.29, 0.717) is 10.2 Å². The van der Waals surface area contributed by atoms with Gasteiger partial charge in [0.15, 0.2) is 0 Å². The van der Waals surface area contributed by atoms with Gasteiger partial charge >= 0.3 is 6.09 Å². The van der Waals surface area contributed by atoms with Gasteiger partial charge in [-0.2, -0.15) is 0 Å². The summed E-state index contributed by atoms with van der Waals surface area (Å²) in [5, 5.41) is 9.05. The minimum Gasteiger partial charge on any atom is -0.443 e. The van der Waals surface area contributed by atoms with Crippen LogP contribution in [0.5, 0.6) is 0 Å². The second-order valence-corrected chi connectivity index (χ2v) is 5.81. The number of carbonyl (C=O) groups is 1. The van der Waals surface area contributed by atoms with E-state index < -0.39 is 17.5 Å². The average Bonchev–Trinajstić information content (AvgIpc) is 2.24. The first-order valence-electron chi connectivity index (χ1n) is 5.81. The number of rotatable bonds is 3. The lowest BCUT2D eigenvalue weighted by molar-refractivity contribution is 0.0573. The van der Waals surface area contributed by atoms with Gasteiger partial charge in [0, 0.05) is 4.47 Å². The lowest BCUT2D eigenvalue weighted by Gasteiger charge is -2.27. The number of hydrogen-bond donors (Lipinski definition) is 1. The van der Waals surface area contributed by atoms with Gasteiger partial charge in [0.05, 0.1) is 18.8 Å². The number of aliphatic hydroxyl groups is 1. The van der Waals surface area contributed by atoms with Crippen LogP contribution in [0.15, 0.2) is 22.7 Å². The van der Waals surface area contributed by atoms with E-state index in [1.807, 2.05) is 0 Å². The second-order valence-electron chi connectivity index (χ2n) is 4.95. The smallest absolute Gasteiger partial charge is 0.414 e. The van der Waals surface area contributed by atoms with Gasteiger partial charge in [-0.3, -0.25) is 4.90 Å². The van der Waals surface area contributed by atoms with Crippen LogP contribution >= 0.6 is 15.9 Å². The van der Waals surface area contributed by atoms with Crippen molar-refractivity contribution in [3.05, 3.63) is 28.5 Å². The maximum atomic E-state index is 13.1. The Balaban J connectivity index is 3.03. The van der Waals surface area contributed by atoms with Gasteiger partial charge < -0.3 is 9.84 Å². The summed E-state index contributed by atoms with van der Waals surface area (Å²) in [6, 6.07) is 3.96. The maximum Gasteiger partial charge on any atom is 0.414 e. The Labute approximate surface area is 120 Å². The molecule has 0 aliphatic rings. The van der Waals surface area contributed by atoms with Gasteiger partial charge in [-0.05, 0) is 54.9 Å². The maximum absolute atomic E-state index is 13.1. The number of anilines is 1. The number of aliphatic hydroxyl groups excluding tert-OH is 1. The molecule has 0 aromatic heterocycles. The van der Waals surface area contributed by atoms with Crippen LogP contribution in [0.2, 0.25) is 0 Å². The van der Waals surface area contributed by atoms with Gasteiger partial charge in [-0.15, -0.1) is 0 Å². The number of nitrogens with zero attached hydrogens (tertiary/aromatic N) is 1. The highest BCUT2D eigenvalue weighted by Crippen LogP contribution is 2.28. The Hall–Kier alpha value is -1.14. The molecule has 0 saturated heterocycles. The SMILES string of the molecule is CC(C)(C)OC(=O)N(CCO)c1ccc(F)cc1Br. The topological polar surface area (TPSA) is 49.8 Å². The van der Waals surface area contributed by atoms with Crippen LogP contribution < -0.4 is 4.90 Å². The van der Waals surface area contributed by atoms with Gasteiger partial charge in [0.2, 0.25) is 0 Å². The molecule has 0 aliphatic carbocycles. The zero-order valence-corrected chi connectivity index (χ0v) is 12.7. The van der Waals surface area contributed by atoms with Gasteiger partial charge in [0.25, 0.3) is 0 Å². The molecule has 6 heteroatoms. The number of ether oxygens (including phenoxy) is 1. The summed E-state index contributed by atoms with van der Waals surface area (Å²) in [5.74, 6) is -0.413. The van der Waals surface area contributed by atoms with Crippen molar-refractivity contribution in [3.63, 3.8) is 0 Å². The van der Waals surface area contributed by atoms with E-state index >= 15 is 0 Å². The van der Waals surface area contributed by atoms with Gasteiger partial charge in [-0.1, -0.05) is 0 Å². The second kappa shape index (κ2) is 6.34. The minimum atomic E-state index is -0.642. The highest BCUT2D eigenvalue weighted by atomic mass is 79.9. The molecule has 0 aliphatic heterocycles. The predicted molar refractivity (Wildman–Crippen MR) is 74.8 cm³/mol. The third kappa shape index (κ3) is 4.80. The minimum absolute atomic E-state index is 0.0686. The molecule has 1 aromatic rings. The molecule has 106 valence electrons. The molecule has 0 radical (unpaired) electrons. The molecule has 1 N–H and O–H groups in total. The summed E-state index contributed by atoms with van der Waals surface area (Å²) in [4.78, 5) is 13.3. The Morgan fingerprint density at radius 3 is 2.58 bits per heavy atom. The average molecular weight is 334 g/mol. The van der Waals surface area contributed by atoms with Crippen molar-refractivity contribution < 1.29 is 19.0 Å². The van der Waals surface area contributed by atoms with Crippen LogP contribution in [0.4, 0.5) is 14.9 Å². The molecule has 0 atom stereocenters. The van der Waals surface area contributed by atoms with Crippen LogP contribution in [0.25, 0.3) is 0 Å². The van der Waals surface area contributed by atoms with Crippen LogP contribution in [0.1, 0.15) is 20.8 Å². The van der Waals surface area contributed by atoms with Crippen LogP contribution in [-0.4, -0.2) is 30.0 Å². The Morgan fingerprint density at radius 1 is 1.47 bits per heavy atom. The number of hydrogen-bond acceptors (Lipinski definition) is 3. The van der Waals surface area contributed by atoms with E-state index in [9.17, 15) is 9.18 Å². The first-order valence-corrected chi connectivity index (χ1v) is 6.60. The van der Waals surface area contributed by atoms with Crippen LogP contribution in [0.3, 0.4) is 0 Å². The zero-order chi connectivity index (χ0) is 14.6. The lowest BCUT2D eigenvalue weighted by atomic mass is 10.2. The predicted octanol–water partition coefficient (Wildman–Crippen LogP) is 3.32. The molecule has 0 fully saturated rings. The largest absolute Gasteiger partial charge is 0.443 e. The van der Waals surface area contributed by atoms with Crippen molar-refractivity contribution in [3.8, 4) is 0 Å². The van der Waals surface area contributed by atoms with Crippen LogP contribution in [0, 0.1) is 5.82 Å². The Bertz CT molecular complexity index is 460. The van der Waals surface area contributed by atoms with Crippen molar-refractivity contribution in [1.82, 2.24) is 0 Å². The summed E-state index contributed by atoms with van der Waals surface area (Å²) in [5.41, 5.74) is -0.193. The third-order valence-corrected chi connectivity index (χ3v) is 2.77. The highest BCUT2D eigenvalue weighted by molar-refractivity contribution is 9.10. The van der Waals surface area contributed by atoms with E-state index in [1.54, 1.807) is 20.8 Å². The van der Waals surface area contributed by atoms with Crippen molar-refractivity contribution >= 4 is 27.7 Å². The molecule has 0 spiro atoms. The fraction of sp³-hybridized carbons (Fsp3) is 0.462. The number of carbonyl (C=O) groups excluding carboxylic acids is 1. The van der Waals surface area contributed by atoms with Crippen molar-refractivity contribution in [2.45, 2.75) is 26.4 Å². The fourth-order valence-corrected chi connectivity index (χ4v) is 1.99. The first kappa shape index (κ1) is 15.9. The standard InChI is InChI=1S/C13H17BrFNO3/c1-13(2,3)19-12(18)16(6-7-17)11-5-4-9(15)8-10(11)14/h4-5,8,17H,6-7H2,1-3H3. The summed E-state index contributed by atoms with van der Waals surface area (Å²) in [6.45, 7) is 5.10. The molecule has 0 bridgehead atoms. The van der Waals surface area contributed by atoms with E-state index in [4.69, 9.17) is 9.84 Å². The Kier molecular flexibility index (Phi) is 5.31. The molecule has 4 nitrogen and oxygen atoms in total. The van der Waals surface area contributed by atoms with Gasteiger partial charge in [0.1, 0.15) is 11.4 Å². The normalized spacial score (nSPS) is 11.3. The molecule has 0 unspecified atom stereocenters. The van der Waals surface area contributed by atoms with E-state index in [1.165, 1.54) is 23.1 Å². The summed E-state index contributed by atoms with van der Waals surface area (Å²) >= 11 is 3.19. The van der Waals surface area contributed by atoms with Crippen LogP contribution in [-0.2, 0) is 4.74 Å². The summed E-state index contributed by atoms with van der Waals surface area (Å²) in [7, 11) is 0. The first-order chi connectivity index (χ1) is 8.74. The zero-order valence-electron chi connectivity index (χ0n) is 11.1. The van der Waals surface area contributed by atoms with E-state index in [2.05, 4.69) is 15.9 Å². The number of halogens is 2. The summed E-state index contributed by atoms with van der Waals surface area (Å²) < 4.78 is 18.7. The van der Waals surface area contributed by atoms with Crippen molar-refractivity contribution in [2.24, 2.45) is 0 Å². The lowest BCUT2D eigenvalue weighted by Crippen LogP contribution is -2.38. The molecule has 1 amide bonds. The van der Waals surface area contributed by atoms with Gasteiger partial charge in [-0.25, -0.2) is 9.18 Å². The highest BCUT2D eigenvalue weighted by Gasteiger charge is 2.24. The molecule has 19 heavy (non-hydrogen) atoms. The molecule has 1 rings (SSSR count). The third-order valence-electron chi connectivity index (χ3n) is 2.14. The summed E-state index contributed by atoms with van der Waals surface area (Å²) in [6.07, 6.45) is -0.589. The Morgan fingerprint density at radius 2 is 2.11 bits per heavy atom. The van der Waals surface area contributed by atoms with E-state index in [-0.39, 0.29) is 13.2 Å². The van der Waals surface area contributed by atoms with Crippen molar-refractivity contribution in [1.29, 1.82) is 0 Å². The van der Waals surface area contributed by atoms with Crippen molar-refractivity contribution in [2.75, 3.05) is 18.1 Å². The molecule has 0 heterocycles. The number of amides is 1. The quantitative estimate of drug-likeness (QED) is 0.923. The number of benzene rings is 1. The monoisotopic (exact) mass is 333 g/mol. The molecule has 1 aromatic carbocycles. The molecule has 0 saturated carbocycles. The van der Waals surface area contributed by atoms with E-state index in [0.717, 1.165) is 0 Å².